The van der Waals surface area contributed by atoms with E-state index in [4.69, 9.17) is 16.3 Å². The first-order valence-corrected chi connectivity index (χ1v) is 10.5. The van der Waals surface area contributed by atoms with Crippen LogP contribution in [0.3, 0.4) is 0 Å². The van der Waals surface area contributed by atoms with Crippen molar-refractivity contribution in [2.75, 3.05) is 13.2 Å². The number of carbonyl (C=O) groups excluding carboxylic acids is 2. The summed E-state index contributed by atoms with van der Waals surface area (Å²) in [6.07, 6.45) is 1.38. The van der Waals surface area contributed by atoms with E-state index in [0.717, 1.165) is 28.9 Å². The summed E-state index contributed by atoms with van der Waals surface area (Å²) in [5.41, 5.74) is 2.97. The van der Waals surface area contributed by atoms with Crippen LogP contribution >= 0.6 is 11.6 Å². The van der Waals surface area contributed by atoms with Crippen molar-refractivity contribution in [2.45, 2.75) is 45.7 Å². The number of carbonyl (C=O) groups is 2. The molecule has 5 nitrogen and oxygen atoms in total. The Bertz CT molecular complexity index is 919. The smallest absolute Gasteiger partial charge is 0.229 e. The van der Waals surface area contributed by atoms with E-state index >= 15 is 0 Å². The molecule has 1 aliphatic heterocycles. The van der Waals surface area contributed by atoms with Gasteiger partial charge in [-0.25, -0.2) is 4.39 Å². The number of imide groups is 1. The van der Waals surface area contributed by atoms with Gasteiger partial charge in [0.2, 0.25) is 11.8 Å². The van der Waals surface area contributed by atoms with Gasteiger partial charge in [0.15, 0.2) is 0 Å². The first-order valence-electron chi connectivity index (χ1n) is 10.1. The molecule has 1 N–H and O–H groups in total. The maximum atomic E-state index is 13.7. The quantitative estimate of drug-likeness (QED) is 0.596. The molecule has 0 bridgehead atoms. The number of likely N-dealkylation sites (tertiary alicyclic amines) is 1. The molecule has 1 aliphatic rings. The highest BCUT2D eigenvalue weighted by Crippen LogP contribution is 2.23. The Morgan fingerprint density at radius 3 is 2.57 bits per heavy atom. The third kappa shape index (κ3) is 5.37. The highest BCUT2D eigenvalue weighted by molar-refractivity contribution is 6.30. The van der Waals surface area contributed by atoms with Crippen molar-refractivity contribution in [2.24, 2.45) is 0 Å². The Hall–Kier alpha value is -2.44. The number of nitrogens with zero attached hydrogens (tertiary/aromatic N) is 1. The molecule has 0 saturated carbocycles. The molecule has 160 valence electrons. The molecular weight excluding hydrogens is 407 g/mol. The number of aryl methyl sites for hydroxylation is 1. The monoisotopic (exact) mass is 432 g/mol. The molecule has 7 heteroatoms. The number of benzene rings is 2. The zero-order chi connectivity index (χ0) is 21.7. The number of nitrogens with one attached hydrogen (secondary N) is 1. The van der Waals surface area contributed by atoms with Crippen LogP contribution in [0.5, 0.6) is 5.75 Å². The van der Waals surface area contributed by atoms with Crippen molar-refractivity contribution in [1.82, 2.24) is 10.2 Å². The fraction of sp³-hybridized carbons (Fsp3) is 0.391. The molecule has 2 amide bonds. The van der Waals surface area contributed by atoms with Gasteiger partial charge in [0.05, 0.1) is 11.6 Å². The SMILES string of the molecule is CCc1cc(CNC(C)c2ccc(Cl)c(F)c2)ccc1OCCN1C(=O)CCC1=O. The maximum absolute atomic E-state index is 13.7. The van der Waals surface area contributed by atoms with Gasteiger partial charge in [-0.1, -0.05) is 36.7 Å². The molecule has 2 aromatic carbocycles. The van der Waals surface area contributed by atoms with E-state index in [1.165, 1.54) is 11.0 Å². The molecule has 0 aromatic heterocycles. The van der Waals surface area contributed by atoms with Gasteiger partial charge in [-0.15, -0.1) is 0 Å². The molecule has 0 radical (unpaired) electrons. The number of ether oxygens (including phenoxy) is 1. The lowest BCUT2D eigenvalue weighted by atomic mass is 10.1. The van der Waals surface area contributed by atoms with Crippen LogP contribution in [0.25, 0.3) is 0 Å². The van der Waals surface area contributed by atoms with Crippen LogP contribution in [0, 0.1) is 5.82 Å². The average molecular weight is 433 g/mol. The van der Waals surface area contributed by atoms with Crippen molar-refractivity contribution in [3.8, 4) is 5.75 Å². The normalized spacial score (nSPS) is 15.0. The number of hydrogen-bond donors (Lipinski definition) is 1. The second kappa shape index (κ2) is 10.0. The summed E-state index contributed by atoms with van der Waals surface area (Å²) in [4.78, 5) is 24.6. The number of rotatable bonds is 9. The van der Waals surface area contributed by atoms with Crippen LogP contribution in [0.4, 0.5) is 4.39 Å². The molecule has 3 rings (SSSR count). The predicted molar refractivity (Wildman–Crippen MR) is 114 cm³/mol. The van der Waals surface area contributed by atoms with Crippen LogP contribution in [0.2, 0.25) is 5.02 Å². The van der Waals surface area contributed by atoms with E-state index in [-0.39, 0.29) is 36.0 Å². The predicted octanol–water partition coefficient (Wildman–Crippen LogP) is 4.42. The maximum Gasteiger partial charge on any atom is 0.229 e. The van der Waals surface area contributed by atoms with Crippen LogP contribution in [0.1, 0.15) is 49.4 Å². The summed E-state index contributed by atoms with van der Waals surface area (Å²) in [7, 11) is 0. The average Bonchev–Trinajstić information content (AvgIpc) is 3.06. The Morgan fingerprint density at radius 1 is 1.17 bits per heavy atom. The Labute approximate surface area is 181 Å². The van der Waals surface area contributed by atoms with Gasteiger partial charge in [-0.2, -0.15) is 0 Å². The molecule has 1 heterocycles. The van der Waals surface area contributed by atoms with E-state index in [2.05, 4.69) is 11.4 Å². The van der Waals surface area contributed by atoms with Crippen LogP contribution in [0.15, 0.2) is 36.4 Å². The minimum absolute atomic E-state index is 0.0340. The second-order valence-electron chi connectivity index (χ2n) is 7.36. The minimum atomic E-state index is -0.421. The van der Waals surface area contributed by atoms with Gasteiger partial charge >= 0.3 is 0 Å². The minimum Gasteiger partial charge on any atom is -0.491 e. The fourth-order valence-corrected chi connectivity index (χ4v) is 3.57. The van der Waals surface area contributed by atoms with E-state index in [1.807, 2.05) is 32.0 Å². The molecule has 1 atom stereocenters. The van der Waals surface area contributed by atoms with Crippen molar-refractivity contribution in [3.63, 3.8) is 0 Å². The molecule has 30 heavy (non-hydrogen) atoms. The van der Waals surface area contributed by atoms with Crippen LogP contribution < -0.4 is 10.1 Å². The largest absolute Gasteiger partial charge is 0.491 e. The van der Waals surface area contributed by atoms with E-state index in [0.29, 0.717) is 19.4 Å². The summed E-state index contributed by atoms with van der Waals surface area (Å²) in [5.74, 6) is 0.0777. The zero-order valence-corrected chi connectivity index (χ0v) is 18.0. The molecule has 1 saturated heterocycles. The van der Waals surface area contributed by atoms with Crippen molar-refractivity contribution >= 4 is 23.4 Å². The van der Waals surface area contributed by atoms with Crippen molar-refractivity contribution < 1.29 is 18.7 Å². The lowest BCUT2D eigenvalue weighted by Gasteiger charge is -2.17. The van der Waals surface area contributed by atoms with Crippen LogP contribution in [-0.2, 0) is 22.6 Å². The lowest BCUT2D eigenvalue weighted by Crippen LogP contribution is -2.33. The van der Waals surface area contributed by atoms with Gasteiger partial charge in [-0.3, -0.25) is 14.5 Å². The zero-order valence-electron chi connectivity index (χ0n) is 17.2. The van der Waals surface area contributed by atoms with Crippen molar-refractivity contribution in [3.05, 3.63) is 63.9 Å². The highest BCUT2D eigenvalue weighted by atomic mass is 35.5. The second-order valence-corrected chi connectivity index (χ2v) is 7.77. The summed E-state index contributed by atoms with van der Waals surface area (Å²) in [6.45, 7) is 5.20. The molecule has 1 fully saturated rings. The summed E-state index contributed by atoms with van der Waals surface area (Å²) < 4.78 is 19.5. The number of amides is 2. The Morgan fingerprint density at radius 2 is 1.90 bits per heavy atom. The lowest BCUT2D eigenvalue weighted by molar-refractivity contribution is -0.138. The first-order chi connectivity index (χ1) is 14.4. The molecule has 1 unspecified atom stereocenters. The van der Waals surface area contributed by atoms with Gasteiger partial charge in [0.25, 0.3) is 0 Å². The molecule has 2 aromatic rings. The van der Waals surface area contributed by atoms with Crippen LogP contribution in [-0.4, -0.2) is 29.9 Å². The molecular formula is C23H26ClFN2O3. The van der Waals surface area contributed by atoms with Gasteiger partial charge in [-0.05, 0) is 48.2 Å². The van der Waals surface area contributed by atoms with Crippen molar-refractivity contribution in [1.29, 1.82) is 0 Å². The molecule has 0 spiro atoms. The summed E-state index contributed by atoms with van der Waals surface area (Å²) >= 11 is 5.75. The third-order valence-corrected chi connectivity index (χ3v) is 5.60. The van der Waals surface area contributed by atoms with E-state index in [1.54, 1.807) is 6.07 Å². The van der Waals surface area contributed by atoms with Gasteiger partial charge < -0.3 is 10.1 Å². The third-order valence-electron chi connectivity index (χ3n) is 5.29. The Kier molecular flexibility index (Phi) is 7.45. The van der Waals surface area contributed by atoms with E-state index in [9.17, 15) is 14.0 Å². The number of halogens is 2. The number of hydrogen-bond acceptors (Lipinski definition) is 4. The summed E-state index contributed by atoms with van der Waals surface area (Å²) in [5, 5.41) is 3.51. The summed E-state index contributed by atoms with van der Waals surface area (Å²) in [6, 6.07) is 10.8. The topological polar surface area (TPSA) is 58.6 Å². The van der Waals surface area contributed by atoms with Gasteiger partial charge in [0, 0.05) is 25.4 Å². The van der Waals surface area contributed by atoms with Gasteiger partial charge in [0.1, 0.15) is 18.2 Å². The fourth-order valence-electron chi connectivity index (χ4n) is 3.45. The standard InChI is InChI=1S/C23H26ClFN2O3/c1-3-17-12-16(14-26-15(2)18-5-6-19(24)20(25)13-18)4-7-21(17)30-11-10-27-22(28)8-9-23(27)29/h4-7,12-13,15,26H,3,8-11,14H2,1-2H3. The first kappa shape index (κ1) is 22.2. The Balaban J connectivity index is 1.56. The molecule has 0 aliphatic carbocycles. The van der Waals surface area contributed by atoms with E-state index < -0.39 is 5.82 Å². The highest BCUT2D eigenvalue weighted by Gasteiger charge is 2.28.